The van der Waals surface area contributed by atoms with Crippen molar-refractivity contribution in [2.24, 2.45) is 0 Å². The van der Waals surface area contributed by atoms with Gasteiger partial charge in [-0.15, -0.1) is 11.8 Å². The van der Waals surface area contributed by atoms with Crippen LogP contribution in [0.15, 0.2) is 77.7 Å². The molecule has 0 aliphatic heterocycles. The van der Waals surface area contributed by atoms with Crippen LogP contribution in [0.4, 0.5) is 0 Å². The van der Waals surface area contributed by atoms with Crippen molar-refractivity contribution < 1.29 is 9.59 Å². The highest BCUT2D eigenvalue weighted by atomic mass is 32.2. The van der Waals surface area contributed by atoms with E-state index in [1.54, 1.807) is 23.9 Å². The quantitative estimate of drug-likeness (QED) is 0.424. The molecule has 1 N–H and O–H groups in total. The maximum atomic E-state index is 12.5. The molecule has 4 rings (SSSR count). The Morgan fingerprint density at radius 3 is 2.31 bits per heavy atom. The maximum Gasteiger partial charge on any atom is 0.251 e. The van der Waals surface area contributed by atoms with Gasteiger partial charge in [0.2, 0.25) is 0 Å². The van der Waals surface area contributed by atoms with Crippen LogP contribution in [0.3, 0.4) is 0 Å². The third kappa shape index (κ3) is 3.16. The van der Waals surface area contributed by atoms with Crippen molar-refractivity contribution in [2.45, 2.75) is 4.90 Å². The Balaban J connectivity index is 1.41. The monoisotopic (exact) mass is 359 g/mol. The van der Waals surface area contributed by atoms with Crippen molar-refractivity contribution in [3.8, 4) is 11.1 Å². The van der Waals surface area contributed by atoms with E-state index in [1.807, 2.05) is 48.5 Å². The predicted octanol–water partition coefficient (Wildman–Crippen LogP) is 4.42. The number of ketones is 1. The Hall–Kier alpha value is -2.85. The second kappa shape index (κ2) is 7.18. The Kier molecular flexibility index (Phi) is 4.59. The fourth-order valence-electron chi connectivity index (χ4n) is 3.12. The number of carbonyl (C=O) groups excluding carboxylic acids is 2. The highest BCUT2D eigenvalue weighted by molar-refractivity contribution is 7.99. The molecule has 128 valence electrons. The first-order valence-electron chi connectivity index (χ1n) is 8.48. The molecule has 0 atom stereocenters. The molecular formula is C22H17NO2S. The maximum absolute atomic E-state index is 12.5. The summed E-state index contributed by atoms with van der Waals surface area (Å²) in [5.41, 5.74) is 3.69. The summed E-state index contributed by atoms with van der Waals surface area (Å²) in [5.74, 6) is 0.639. The molecule has 0 saturated heterocycles. The number of hydrogen-bond donors (Lipinski definition) is 1. The fraction of sp³-hybridized carbons (Fsp3) is 0.0909. The van der Waals surface area contributed by atoms with E-state index in [2.05, 4.69) is 17.4 Å². The van der Waals surface area contributed by atoms with Gasteiger partial charge in [0, 0.05) is 33.9 Å². The normalized spacial score (nSPS) is 11.8. The lowest BCUT2D eigenvalue weighted by Gasteiger charge is -2.07. The topological polar surface area (TPSA) is 46.2 Å². The van der Waals surface area contributed by atoms with Gasteiger partial charge in [0.15, 0.2) is 5.78 Å². The Morgan fingerprint density at radius 1 is 0.808 bits per heavy atom. The molecule has 1 aliphatic rings. The molecule has 0 unspecified atom stereocenters. The van der Waals surface area contributed by atoms with Crippen LogP contribution in [-0.4, -0.2) is 24.0 Å². The van der Waals surface area contributed by atoms with E-state index < -0.39 is 0 Å². The van der Waals surface area contributed by atoms with Crippen molar-refractivity contribution in [1.82, 2.24) is 5.32 Å². The molecule has 0 bridgehead atoms. The zero-order chi connectivity index (χ0) is 17.9. The molecule has 0 spiro atoms. The standard InChI is InChI=1S/C22H17NO2S/c24-21-19-9-5-4-8-17(19)18-11-10-15(14-20(18)21)22(25)23-12-13-26-16-6-2-1-3-7-16/h1-11,14H,12-13H2,(H,23,25). The second-order valence-corrected chi connectivity index (χ2v) is 7.22. The minimum absolute atomic E-state index is 0.00937. The molecule has 1 aliphatic carbocycles. The van der Waals surface area contributed by atoms with Crippen LogP contribution in [0.1, 0.15) is 26.3 Å². The van der Waals surface area contributed by atoms with Crippen molar-refractivity contribution >= 4 is 23.5 Å². The smallest absolute Gasteiger partial charge is 0.251 e. The number of benzene rings is 3. The first kappa shape index (κ1) is 16.6. The van der Waals surface area contributed by atoms with Crippen molar-refractivity contribution in [2.75, 3.05) is 12.3 Å². The first-order valence-corrected chi connectivity index (χ1v) is 9.47. The number of nitrogens with one attached hydrogen (secondary N) is 1. The largest absolute Gasteiger partial charge is 0.351 e. The molecule has 0 heterocycles. The third-order valence-corrected chi connectivity index (χ3v) is 5.40. The van der Waals surface area contributed by atoms with E-state index in [0.29, 0.717) is 23.2 Å². The van der Waals surface area contributed by atoms with Crippen molar-refractivity contribution in [3.05, 3.63) is 89.5 Å². The summed E-state index contributed by atoms with van der Waals surface area (Å²) in [6.45, 7) is 0.573. The molecule has 0 saturated carbocycles. The van der Waals surface area contributed by atoms with Gasteiger partial charge < -0.3 is 5.32 Å². The van der Waals surface area contributed by atoms with Gasteiger partial charge in [-0.1, -0.05) is 48.5 Å². The second-order valence-electron chi connectivity index (χ2n) is 6.05. The van der Waals surface area contributed by atoms with Gasteiger partial charge >= 0.3 is 0 Å². The van der Waals surface area contributed by atoms with Crippen LogP contribution in [0, 0.1) is 0 Å². The SMILES string of the molecule is O=C(NCCSc1ccccc1)c1ccc2c(c1)C(=O)c1ccccc1-2. The van der Waals surface area contributed by atoms with E-state index in [9.17, 15) is 9.59 Å². The van der Waals surface area contributed by atoms with E-state index >= 15 is 0 Å². The van der Waals surface area contributed by atoms with E-state index in [0.717, 1.165) is 16.9 Å². The zero-order valence-corrected chi connectivity index (χ0v) is 14.9. The van der Waals surface area contributed by atoms with Gasteiger partial charge in [0.05, 0.1) is 0 Å². The molecule has 26 heavy (non-hydrogen) atoms. The van der Waals surface area contributed by atoms with Gasteiger partial charge in [0.1, 0.15) is 0 Å². The summed E-state index contributed by atoms with van der Waals surface area (Å²) in [6, 6.07) is 23.0. The number of hydrogen-bond acceptors (Lipinski definition) is 3. The lowest BCUT2D eigenvalue weighted by molar-refractivity contribution is 0.0956. The van der Waals surface area contributed by atoms with E-state index in [1.165, 1.54) is 4.90 Å². The number of amides is 1. The number of carbonyl (C=O) groups is 2. The van der Waals surface area contributed by atoms with Gasteiger partial charge in [-0.2, -0.15) is 0 Å². The average molecular weight is 359 g/mol. The summed E-state index contributed by atoms with van der Waals surface area (Å²) in [5, 5.41) is 2.93. The van der Waals surface area contributed by atoms with Gasteiger partial charge in [-0.05, 0) is 35.4 Å². The lowest BCUT2D eigenvalue weighted by atomic mass is 10.0. The zero-order valence-electron chi connectivity index (χ0n) is 14.1. The summed E-state index contributed by atoms with van der Waals surface area (Å²) in [6.07, 6.45) is 0. The Bertz CT molecular complexity index is 982. The summed E-state index contributed by atoms with van der Waals surface area (Å²) >= 11 is 1.70. The summed E-state index contributed by atoms with van der Waals surface area (Å²) in [7, 11) is 0. The van der Waals surface area contributed by atoms with Crippen molar-refractivity contribution in [1.29, 1.82) is 0 Å². The van der Waals surface area contributed by atoms with Gasteiger partial charge in [0.25, 0.3) is 5.91 Å². The van der Waals surface area contributed by atoms with E-state index in [-0.39, 0.29) is 11.7 Å². The summed E-state index contributed by atoms with van der Waals surface area (Å²) in [4.78, 5) is 26.1. The van der Waals surface area contributed by atoms with Crippen LogP contribution in [0.5, 0.6) is 0 Å². The minimum Gasteiger partial charge on any atom is -0.351 e. The number of fused-ring (bicyclic) bond motifs is 3. The highest BCUT2D eigenvalue weighted by Crippen LogP contribution is 2.36. The first-order chi connectivity index (χ1) is 12.7. The van der Waals surface area contributed by atoms with Crippen LogP contribution >= 0.6 is 11.8 Å². The molecule has 1 amide bonds. The van der Waals surface area contributed by atoms with E-state index in [4.69, 9.17) is 0 Å². The van der Waals surface area contributed by atoms with Crippen LogP contribution in [0.25, 0.3) is 11.1 Å². The molecule has 3 aromatic rings. The Labute approximate surface area is 156 Å². The van der Waals surface area contributed by atoms with Crippen LogP contribution in [-0.2, 0) is 0 Å². The summed E-state index contributed by atoms with van der Waals surface area (Å²) < 4.78 is 0. The molecule has 3 nitrogen and oxygen atoms in total. The Morgan fingerprint density at radius 2 is 1.50 bits per heavy atom. The number of rotatable bonds is 5. The fourth-order valence-corrected chi connectivity index (χ4v) is 3.91. The highest BCUT2D eigenvalue weighted by Gasteiger charge is 2.26. The molecule has 4 heteroatoms. The minimum atomic E-state index is -0.148. The molecule has 0 radical (unpaired) electrons. The molecule has 0 fully saturated rings. The molecule has 0 aromatic heterocycles. The third-order valence-electron chi connectivity index (χ3n) is 4.39. The molecular weight excluding hydrogens is 342 g/mol. The number of thioether (sulfide) groups is 1. The lowest BCUT2D eigenvalue weighted by Crippen LogP contribution is -2.25. The van der Waals surface area contributed by atoms with Gasteiger partial charge in [-0.25, -0.2) is 0 Å². The molecule has 3 aromatic carbocycles. The van der Waals surface area contributed by atoms with Crippen molar-refractivity contribution in [3.63, 3.8) is 0 Å². The van der Waals surface area contributed by atoms with Crippen LogP contribution < -0.4 is 5.32 Å². The van der Waals surface area contributed by atoms with Gasteiger partial charge in [-0.3, -0.25) is 9.59 Å². The van der Waals surface area contributed by atoms with Crippen LogP contribution in [0.2, 0.25) is 0 Å². The predicted molar refractivity (Wildman–Crippen MR) is 105 cm³/mol. The average Bonchev–Trinajstić information content (AvgIpc) is 2.98.